The fourth-order valence-electron chi connectivity index (χ4n) is 1.65. The van der Waals surface area contributed by atoms with Crippen molar-refractivity contribution in [3.8, 4) is 0 Å². The van der Waals surface area contributed by atoms with E-state index in [2.05, 4.69) is 0 Å². The summed E-state index contributed by atoms with van der Waals surface area (Å²) in [6, 6.07) is 1.55. The van der Waals surface area contributed by atoms with E-state index < -0.39 is 0 Å². The zero-order valence-electron chi connectivity index (χ0n) is 7.89. The fourth-order valence-corrected chi connectivity index (χ4v) is 1.65. The van der Waals surface area contributed by atoms with Crippen molar-refractivity contribution < 1.29 is 4.42 Å². The van der Waals surface area contributed by atoms with Crippen LogP contribution in [0.4, 0.5) is 0 Å². The summed E-state index contributed by atoms with van der Waals surface area (Å²) in [4.78, 5) is 11.5. The van der Waals surface area contributed by atoms with E-state index in [9.17, 15) is 4.79 Å². The molecule has 0 saturated heterocycles. The molecule has 0 radical (unpaired) electrons. The first-order valence-corrected chi connectivity index (χ1v) is 4.47. The molecule has 2 nitrogen and oxygen atoms in total. The lowest BCUT2D eigenvalue weighted by Crippen LogP contribution is -2.11. The van der Waals surface area contributed by atoms with Crippen molar-refractivity contribution in [3.63, 3.8) is 0 Å². The Morgan fingerprint density at radius 3 is 2.85 bits per heavy atom. The summed E-state index contributed by atoms with van der Waals surface area (Å²) < 4.78 is 5.48. The van der Waals surface area contributed by atoms with E-state index in [-0.39, 0.29) is 5.43 Å². The van der Waals surface area contributed by atoms with E-state index in [1.54, 1.807) is 6.07 Å². The maximum absolute atomic E-state index is 11.5. The number of hydrogen-bond donors (Lipinski definition) is 0. The van der Waals surface area contributed by atoms with Crippen LogP contribution in [0.1, 0.15) is 30.4 Å². The highest BCUT2D eigenvalue weighted by Gasteiger charge is 2.13. The first-order valence-electron chi connectivity index (χ1n) is 4.47. The average molecular weight is 176 g/mol. The maximum Gasteiger partial charge on any atom is 0.192 e. The minimum Gasteiger partial charge on any atom is -0.465 e. The van der Waals surface area contributed by atoms with Gasteiger partial charge in [0.1, 0.15) is 11.5 Å². The number of fused-ring (bicyclic) bond motifs is 1. The largest absolute Gasteiger partial charge is 0.465 e. The molecule has 0 amide bonds. The van der Waals surface area contributed by atoms with Crippen molar-refractivity contribution in [1.29, 1.82) is 0 Å². The smallest absolute Gasteiger partial charge is 0.192 e. The average Bonchev–Trinajstić information content (AvgIpc) is 2.06. The molecule has 1 aromatic rings. The van der Waals surface area contributed by atoms with Crippen LogP contribution in [0.15, 0.2) is 20.9 Å². The molecule has 13 heavy (non-hydrogen) atoms. The van der Waals surface area contributed by atoms with Gasteiger partial charge in [-0.3, -0.25) is 4.79 Å². The number of hydrogen-bond acceptors (Lipinski definition) is 2. The highest BCUT2D eigenvalue weighted by molar-refractivity contribution is 5.56. The molecule has 0 saturated carbocycles. The van der Waals surface area contributed by atoms with Crippen LogP contribution >= 0.6 is 0 Å². The third-order valence-electron chi connectivity index (χ3n) is 2.32. The third kappa shape index (κ3) is 1.44. The molecule has 1 aliphatic rings. The van der Waals surface area contributed by atoms with Crippen molar-refractivity contribution in [2.24, 2.45) is 0 Å². The molecule has 2 rings (SSSR count). The van der Waals surface area contributed by atoms with Crippen molar-refractivity contribution in [2.75, 3.05) is 0 Å². The van der Waals surface area contributed by atoms with Gasteiger partial charge < -0.3 is 4.42 Å². The SMILES string of the molecule is CC1=Cc2c(oc(C)cc2=O)CC1. The number of allylic oxidation sites excluding steroid dienone is 1. The van der Waals surface area contributed by atoms with Gasteiger partial charge in [0.25, 0.3) is 0 Å². The van der Waals surface area contributed by atoms with Crippen LogP contribution < -0.4 is 5.43 Å². The van der Waals surface area contributed by atoms with Crippen LogP contribution in [0.2, 0.25) is 0 Å². The quantitative estimate of drug-likeness (QED) is 0.607. The fraction of sp³-hybridized carbons (Fsp3) is 0.364. The van der Waals surface area contributed by atoms with Crippen LogP contribution in [-0.4, -0.2) is 0 Å². The molecule has 0 atom stereocenters. The Bertz CT molecular complexity index is 424. The summed E-state index contributed by atoms with van der Waals surface area (Å²) in [5, 5.41) is 0. The monoisotopic (exact) mass is 176 g/mol. The van der Waals surface area contributed by atoms with Gasteiger partial charge in [-0.15, -0.1) is 0 Å². The second-order valence-corrected chi connectivity index (χ2v) is 3.55. The summed E-state index contributed by atoms with van der Waals surface area (Å²) in [6.07, 6.45) is 3.79. The van der Waals surface area contributed by atoms with Gasteiger partial charge in [-0.05, 0) is 26.3 Å². The van der Waals surface area contributed by atoms with E-state index in [0.29, 0.717) is 5.76 Å². The molecular formula is C11H12O2. The molecule has 1 aliphatic carbocycles. The van der Waals surface area contributed by atoms with Crippen LogP contribution in [0.5, 0.6) is 0 Å². The molecule has 0 spiro atoms. The van der Waals surface area contributed by atoms with Gasteiger partial charge in [0.15, 0.2) is 5.43 Å². The molecule has 0 fully saturated rings. The Kier molecular flexibility index (Phi) is 1.83. The normalized spacial score (nSPS) is 15.1. The van der Waals surface area contributed by atoms with Crippen molar-refractivity contribution in [2.45, 2.75) is 26.7 Å². The predicted octanol–water partition coefficient (Wildman–Crippen LogP) is 2.30. The summed E-state index contributed by atoms with van der Waals surface area (Å²) in [5.41, 5.74) is 2.08. The zero-order valence-corrected chi connectivity index (χ0v) is 7.89. The van der Waals surface area contributed by atoms with Crippen molar-refractivity contribution >= 4 is 6.08 Å². The molecule has 0 aliphatic heterocycles. The van der Waals surface area contributed by atoms with Gasteiger partial charge in [0.05, 0.1) is 5.56 Å². The number of rotatable bonds is 0. The molecule has 0 N–H and O–H groups in total. The van der Waals surface area contributed by atoms with Gasteiger partial charge in [0, 0.05) is 12.5 Å². The summed E-state index contributed by atoms with van der Waals surface area (Å²) >= 11 is 0. The van der Waals surface area contributed by atoms with Crippen LogP contribution in [-0.2, 0) is 6.42 Å². The van der Waals surface area contributed by atoms with Crippen LogP contribution in [0.25, 0.3) is 6.08 Å². The standard InChI is InChI=1S/C11H12O2/c1-7-3-4-11-9(5-7)10(12)6-8(2)13-11/h5-6H,3-4H2,1-2H3. The topological polar surface area (TPSA) is 30.2 Å². The minimum absolute atomic E-state index is 0.0813. The molecule has 0 bridgehead atoms. The summed E-state index contributed by atoms with van der Waals surface area (Å²) in [6.45, 7) is 3.86. The van der Waals surface area contributed by atoms with E-state index in [0.717, 1.165) is 24.2 Å². The van der Waals surface area contributed by atoms with Gasteiger partial charge in [-0.2, -0.15) is 0 Å². The van der Waals surface area contributed by atoms with E-state index in [4.69, 9.17) is 4.42 Å². The van der Waals surface area contributed by atoms with E-state index >= 15 is 0 Å². The van der Waals surface area contributed by atoms with Gasteiger partial charge >= 0.3 is 0 Å². The van der Waals surface area contributed by atoms with Crippen molar-refractivity contribution in [1.82, 2.24) is 0 Å². The highest BCUT2D eigenvalue weighted by atomic mass is 16.3. The second kappa shape index (κ2) is 2.87. The maximum atomic E-state index is 11.5. The summed E-state index contributed by atoms with van der Waals surface area (Å²) in [5.74, 6) is 1.55. The lowest BCUT2D eigenvalue weighted by Gasteiger charge is -2.11. The Hall–Kier alpha value is -1.31. The van der Waals surface area contributed by atoms with Gasteiger partial charge in [-0.1, -0.05) is 5.57 Å². The first kappa shape index (κ1) is 8.30. The predicted molar refractivity (Wildman–Crippen MR) is 51.7 cm³/mol. The lowest BCUT2D eigenvalue weighted by molar-refractivity contribution is 0.458. The zero-order chi connectivity index (χ0) is 9.42. The molecule has 1 heterocycles. The minimum atomic E-state index is 0.0813. The van der Waals surface area contributed by atoms with Crippen LogP contribution in [0, 0.1) is 6.92 Å². The van der Waals surface area contributed by atoms with E-state index in [1.807, 2.05) is 19.9 Å². The highest BCUT2D eigenvalue weighted by Crippen LogP contribution is 2.21. The molecular weight excluding hydrogens is 164 g/mol. The molecule has 0 aromatic carbocycles. The molecule has 2 heteroatoms. The Balaban J connectivity index is 2.68. The molecule has 1 aromatic heterocycles. The Morgan fingerprint density at radius 1 is 1.31 bits per heavy atom. The molecule has 68 valence electrons. The van der Waals surface area contributed by atoms with Crippen LogP contribution in [0.3, 0.4) is 0 Å². The van der Waals surface area contributed by atoms with Crippen molar-refractivity contribution in [3.05, 3.63) is 38.9 Å². The molecule has 0 unspecified atom stereocenters. The van der Waals surface area contributed by atoms with Gasteiger partial charge in [-0.25, -0.2) is 0 Å². The van der Waals surface area contributed by atoms with E-state index in [1.165, 1.54) is 5.57 Å². The Labute approximate surface area is 76.9 Å². The first-order chi connectivity index (χ1) is 6.16. The number of aryl methyl sites for hydroxylation is 2. The summed E-state index contributed by atoms with van der Waals surface area (Å²) in [7, 11) is 0. The van der Waals surface area contributed by atoms with Gasteiger partial charge in [0.2, 0.25) is 0 Å². The lowest BCUT2D eigenvalue weighted by atomic mass is 9.98. The third-order valence-corrected chi connectivity index (χ3v) is 2.32. The Morgan fingerprint density at radius 2 is 2.08 bits per heavy atom. The second-order valence-electron chi connectivity index (χ2n) is 3.55.